The van der Waals surface area contributed by atoms with Gasteiger partial charge < -0.3 is 14.7 Å². The van der Waals surface area contributed by atoms with E-state index in [0.717, 1.165) is 19.5 Å². The number of alkyl halides is 1. The third-order valence-corrected chi connectivity index (χ3v) is 3.17. The molecule has 0 aromatic heterocycles. The second-order valence-corrected chi connectivity index (χ2v) is 4.69. The fourth-order valence-corrected chi connectivity index (χ4v) is 2.25. The molecule has 0 aromatic carbocycles. The van der Waals surface area contributed by atoms with Crippen molar-refractivity contribution in [3.63, 3.8) is 0 Å². The molecular weight excluding hydrogens is 250 g/mol. The van der Waals surface area contributed by atoms with E-state index in [1.807, 2.05) is 0 Å². The van der Waals surface area contributed by atoms with Gasteiger partial charge in [-0.05, 0) is 18.9 Å². The second-order valence-electron chi connectivity index (χ2n) is 3.59. The van der Waals surface area contributed by atoms with Crippen molar-refractivity contribution in [2.24, 2.45) is 5.92 Å². The summed E-state index contributed by atoms with van der Waals surface area (Å²) in [4.78, 5) is 13.0. The van der Waals surface area contributed by atoms with E-state index in [2.05, 4.69) is 25.6 Å². The zero-order chi connectivity index (χ0) is 10.6. The molecule has 0 bridgehead atoms. The number of halogens is 1. The highest BCUT2D eigenvalue weighted by Gasteiger charge is 2.26. The molecule has 1 heterocycles. The maximum Gasteiger partial charge on any atom is 0.320 e. The summed E-state index contributed by atoms with van der Waals surface area (Å²) in [5, 5.41) is 8.94. The average Bonchev–Trinajstić information content (AvgIpc) is 2.64. The summed E-state index contributed by atoms with van der Waals surface area (Å²) in [5.41, 5.74) is 0. The van der Waals surface area contributed by atoms with Crippen LogP contribution in [0.2, 0.25) is 0 Å². The second kappa shape index (κ2) is 5.68. The molecule has 5 heteroatoms. The number of likely N-dealkylation sites (tertiary alicyclic amines) is 1. The first kappa shape index (κ1) is 11.9. The van der Waals surface area contributed by atoms with Crippen molar-refractivity contribution in [3.05, 3.63) is 0 Å². The molecule has 14 heavy (non-hydrogen) atoms. The fourth-order valence-electron chi connectivity index (χ4n) is 1.66. The van der Waals surface area contributed by atoms with Crippen LogP contribution in [0.15, 0.2) is 0 Å². The van der Waals surface area contributed by atoms with Crippen LogP contribution in [0.5, 0.6) is 0 Å². The summed E-state index contributed by atoms with van der Waals surface area (Å²) in [6, 6.07) is 0. The first-order valence-corrected chi connectivity index (χ1v) is 5.64. The van der Waals surface area contributed by atoms with E-state index in [-0.39, 0.29) is 17.4 Å². The van der Waals surface area contributed by atoms with Gasteiger partial charge in [0.25, 0.3) is 0 Å². The van der Waals surface area contributed by atoms with E-state index in [1.165, 1.54) is 7.11 Å². The fraction of sp³-hybridized carbons (Fsp3) is 0.889. The predicted octanol–water partition coefficient (Wildman–Crippen LogP) is 0.237. The lowest BCUT2D eigenvalue weighted by Crippen LogP contribution is -2.33. The lowest BCUT2D eigenvalue weighted by Gasteiger charge is -2.17. The maximum absolute atomic E-state index is 11.1. The van der Waals surface area contributed by atoms with Gasteiger partial charge in [0, 0.05) is 19.7 Å². The topological polar surface area (TPSA) is 49.8 Å². The van der Waals surface area contributed by atoms with Crippen molar-refractivity contribution >= 4 is 21.9 Å². The number of carbonyl (C=O) groups is 1. The molecule has 82 valence electrons. The van der Waals surface area contributed by atoms with Crippen LogP contribution in [0.1, 0.15) is 6.42 Å². The molecule has 4 nitrogen and oxygen atoms in total. The molecule has 0 radical (unpaired) electrons. The van der Waals surface area contributed by atoms with Gasteiger partial charge in [0.15, 0.2) is 0 Å². The molecule has 0 aromatic rings. The molecular formula is C9H16BrNO3. The van der Waals surface area contributed by atoms with Crippen LogP contribution >= 0.6 is 15.9 Å². The predicted molar refractivity (Wildman–Crippen MR) is 56.4 cm³/mol. The Morgan fingerprint density at radius 1 is 1.79 bits per heavy atom. The van der Waals surface area contributed by atoms with Crippen LogP contribution in [-0.4, -0.2) is 54.2 Å². The monoisotopic (exact) mass is 265 g/mol. The summed E-state index contributed by atoms with van der Waals surface area (Å²) >= 11 is 3.28. The van der Waals surface area contributed by atoms with E-state index in [9.17, 15) is 4.79 Å². The summed E-state index contributed by atoms with van der Waals surface area (Å²) in [6.45, 7) is 2.71. The first-order chi connectivity index (χ1) is 6.67. The van der Waals surface area contributed by atoms with E-state index in [4.69, 9.17) is 5.11 Å². The van der Waals surface area contributed by atoms with Crippen LogP contribution in [-0.2, 0) is 9.53 Å². The molecule has 0 amide bonds. The van der Waals surface area contributed by atoms with Crippen LogP contribution < -0.4 is 0 Å². The van der Waals surface area contributed by atoms with Crippen molar-refractivity contribution in [2.45, 2.75) is 11.2 Å². The van der Waals surface area contributed by atoms with Crippen LogP contribution in [0, 0.1) is 5.92 Å². The Morgan fingerprint density at radius 3 is 3.00 bits per heavy atom. The van der Waals surface area contributed by atoms with Gasteiger partial charge in [-0.1, -0.05) is 15.9 Å². The smallest absolute Gasteiger partial charge is 0.320 e. The third-order valence-electron chi connectivity index (χ3n) is 2.50. The van der Waals surface area contributed by atoms with Crippen molar-refractivity contribution in [2.75, 3.05) is 33.4 Å². The number of methoxy groups -OCH3 is 1. The SMILES string of the molecule is COC(=O)C(Br)CN1CCC(CO)C1. The lowest BCUT2D eigenvalue weighted by atomic mass is 10.1. The zero-order valence-electron chi connectivity index (χ0n) is 8.28. The van der Waals surface area contributed by atoms with E-state index >= 15 is 0 Å². The normalized spacial score (nSPS) is 24.9. The highest BCUT2D eigenvalue weighted by atomic mass is 79.9. The quantitative estimate of drug-likeness (QED) is 0.585. The Morgan fingerprint density at radius 2 is 2.50 bits per heavy atom. The molecule has 2 atom stereocenters. The van der Waals surface area contributed by atoms with Gasteiger partial charge >= 0.3 is 5.97 Å². The highest BCUT2D eigenvalue weighted by molar-refractivity contribution is 9.10. The molecule has 0 saturated carbocycles. The van der Waals surface area contributed by atoms with Crippen LogP contribution in [0.3, 0.4) is 0 Å². The van der Waals surface area contributed by atoms with Gasteiger partial charge in [-0.25, -0.2) is 0 Å². The van der Waals surface area contributed by atoms with E-state index < -0.39 is 0 Å². The molecule has 2 unspecified atom stereocenters. The number of hydrogen-bond acceptors (Lipinski definition) is 4. The minimum Gasteiger partial charge on any atom is -0.468 e. The molecule has 1 N–H and O–H groups in total. The largest absolute Gasteiger partial charge is 0.468 e. The van der Waals surface area contributed by atoms with Gasteiger partial charge in [-0.2, -0.15) is 0 Å². The van der Waals surface area contributed by atoms with Gasteiger partial charge in [-0.3, -0.25) is 4.79 Å². The van der Waals surface area contributed by atoms with Crippen LogP contribution in [0.25, 0.3) is 0 Å². The average molecular weight is 266 g/mol. The Balaban J connectivity index is 2.28. The summed E-state index contributed by atoms with van der Waals surface area (Å²) in [6.07, 6.45) is 1.01. The molecule has 0 aliphatic carbocycles. The summed E-state index contributed by atoms with van der Waals surface area (Å²) in [5.74, 6) is 0.129. The number of carbonyl (C=O) groups excluding carboxylic acids is 1. The van der Waals surface area contributed by atoms with E-state index in [1.54, 1.807) is 0 Å². The van der Waals surface area contributed by atoms with Gasteiger partial charge in [0.05, 0.1) is 7.11 Å². The summed E-state index contributed by atoms with van der Waals surface area (Å²) in [7, 11) is 1.39. The Kier molecular flexibility index (Phi) is 4.84. The molecule has 1 aliphatic heterocycles. The minimum absolute atomic E-state index is 0.238. The minimum atomic E-state index is -0.259. The number of hydrogen-bond donors (Lipinski definition) is 1. The third kappa shape index (κ3) is 3.22. The Labute approximate surface area is 92.3 Å². The Bertz CT molecular complexity index is 200. The number of rotatable bonds is 4. The number of ether oxygens (including phenoxy) is 1. The highest BCUT2D eigenvalue weighted by Crippen LogP contribution is 2.17. The zero-order valence-corrected chi connectivity index (χ0v) is 9.87. The van der Waals surface area contributed by atoms with Gasteiger partial charge in [0.2, 0.25) is 0 Å². The maximum atomic E-state index is 11.1. The van der Waals surface area contributed by atoms with Crippen molar-refractivity contribution in [1.82, 2.24) is 4.90 Å². The molecule has 1 fully saturated rings. The van der Waals surface area contributed by atoms with Gasteiger partial charge in [-0.15, -0.1) is 0 Å². The number of aliphatic hydroxyl groups excluding tert-OH is 1. The van der Waals surface area contributed by atoms with Crippen molar-refractivity contribution < 1.29 is 14.6 Å². The lowest BCUT2D eigenvalue weighted by molar-refractivity contribution is -0.140. The van der Waals surface area contributed by atoms with Gasteiger partial charge in [0.1, 0.15) is 4.83 Å². The number of nitrogens with zero attached hydrogens (tertiary/aromatic N) is 1. The first-order valence-electron chi connectivity index (χ1n) is 4.72. The summed E-state index contributed by atoms with van der Waals surface area (Å²) < 4.78 is 4.61. The molecule has 1 rings (SSSR count). The van der Waals surface area contributed by atoms with Crippen molar-refractivity contribution in [3.8, 4) is 0 Å². The Hall–Kier alpha value is -0.130. The molecule has 1 saturated heterocycles. The van der Waals surface area contributed by atoms with Crippen molar-refractivity contribution in [1.29, 1.82) is 0 Å². The number of esters is 1. The van der Waals surface area contributed by atoms with E-state index in [0.29, 0.717) is 12.5 Å². The standard InChI is InChI=1S/C9H16BrNO3/c1-14-9(13)8(10)5-11-3-2-7(4-11)6-12/h7-8,12H,2-6H2,1H3. The number of aliphatic hydroxyl groups is 1. The van der Waals surface area contributed by atoms with Crippen LogP contribution in [0.4, 0.5) is 0 Å². The molecule has 0 spiro atoms. The molecule has 1 aliphatic rings.